The quantitative estimate of drug-likeness (QED) is 0.301. The minimum Gasteiger partial charge on any atom is -0.409 e. The Morgan fingerprint density at radius 3 is 2.83 bits per heavy atom. The number of nitrogens with two attached hydrogens (primary N) is 1. The van der Waals surface area contributed by atoms with E-state index in [4.69, 9.17) is 10.9 Å². The van der Waals surface area contributed by atoms with Crippen LogP contribution >= 0.6 is 11.3 Å². The van der Waals surface area contributed by atoms with Crippen LogP contribution in [0.3, 0.4) is 0 Å². The van der Waals surface area contributed by atoms with Crippen molar-refractivity contribution < 1.29 is 5.21 Å². The van der Waals surface area contributed by atoms with Crippen molar-refractivity contribution >= 4 is 22.3 Å². The average molecular weight is 186 g/mol. The predicted molar refractivity (Wildman–Crippen MR) is 49.0 cm³/mol. The van der Waals surface area contributed by atoms with Gasteiger partial charge in [-0.1, -0.05) is 5.16 Å². The van der Waals surface area contributed by atoms with Crippen molar-refractivity contribution in [1.82, 2.24) is 4.98 Å². The zero-order valence-corrected chi connectivity index (χ0v) is 7.67. The fraction of sp³-hybridized carbons (Fsp3) is 0.333. The Balaban J connectivity index is 2.92. The van der Waals surface area contributed by atoms with Crippen LogP contribution in [-0.4, -0.2) is 30.1 Å². The first-order chi connectivity index (χ1) is 5.65. The van der Waals surface area contributed by atoms with Crippen LogP contribution in [0.5, 0.6) is 0 Å². The molecule has 0 fully saturated rings. The Hall–Kier alpha value is -1.30. The maximum absolute atomic E-state index is 8.35. The Morgan fingerprint density at radius 1 is 1.75 bits per heavy atom. The lowest BCUT2D eigenvalue weighted by Crippen LogP contribution is -2.14. The molecule has 0 atom stereocenters. The number of thiazole rings is 1. The maximum Gasteiger partial charge on any atom is 0.189 e. The molecule has 0 amide bonds. The van der Waals surface area contributed by atoms with E-state index in [-0.39, 0.29) is 5.84 Å². The van der Waals surface area contributed by atoms with Crippen LogP contribution in [0.2, 0.25) is 0 Å². The fourth-order valence-corrected chi connectivity index (χ4v) is 1.39. The SMILES string of the molecule is CN(C)c1nc(/C(N)=N\O)cs1. The lowest BCUT2D eigenvalue weighted by molar-refractivity contribution is 0.318. The molecule has 0 aliphatic rings. The van der Waals surface area contributed by atoms with Gasteiger partial charge in [0.05, 0.1) is 0 Å². The van der Waals surface area contributed by atoms with E-state index in [1.54, 1.807) is 5.38 Å². The number of hydrogen-bond donors (Lipinski definition) is 2. The summed E-state index contributed by atoms with van der Waals surface area (Å²) in [4.78, 5) is 5.97. The van der Waals surface area contributed by atoms with Crippen molar-refractivity contribution in [2.45, 2.75) is 0 Å². The van der Waals surface area contributed by atoms with Crippen molar-refractivity contribution in [1.29, 1.82) is 0 Å². The highest BCUT2D eigenvalue weighted by Crippen LogP contribution is 2.17. The second kappa shape index (κ2) is 3.40. The van der Waals surface area contributed by atoms with Crippen LogP contribution in [0.25, 0.3) is 0 Å². The molecule has 0 aliphatic heterocycles. The second-order valence-electron chi connectivity index (χ2n) is 2.39. The number of rotatable bonds is 2. The average Bonchev–Trinajstić information content (AvgIpc) is 2.51. The lowest BCUT2D eigenvalue weighted by atomic mass is 10.5. The topological polar surface area (TPSA) is 74.7 Å². The van der Waals surface area contributed by atoms with E-state index < -0.39 is 0 Å². The Morgan fingerprint density at radius 2 is 2.42 bits per heavy atom. The highest BCUT2D eigenvalue weighted by molar-refractivity contribution is 7.13. The van der Waals surface area contributed by atoms with E-state index in [0.717, 1.165) is 5.13 Å². The molecule has 1 aromatic rings. The smallest absolute Gasteiger partial charge is 0.189 e. The Kier molecular flexibility index (Phi) is 2.49. The predicted octanol–water partition coefficient (Wildman–Crippen LogP) is 0.304. The third-order valence-corrected chi connectivity index (χ3v) is 2.25. The number of nitrogens with zero attached hydrogens (tertiary/aromatic N) is 3. The van der Waals surface area contributed by atoms with Crippen molar-refractivity contribution in [2.24, 2.45) is 10.9 Å². The molecule has 1 heterocycles. The molecule has 6 heteroatoms. The van der Waals surface area contributed by atoms with E-state index in [9.17, 15) is 0 Å². The van der Waals surface area contributed by atoms with Crippen molar-refractivity contribution in [2.75, 3.05) is 19.0 Å². The minimum absolute atomic E-state index is 0.0411. The second-order valence-corrected chi connectivity index (χ2v) is 3.23. The molecule has 0 spiro atoms. The summed E-state index contributed by atoms with van der Waals surface area (Å²) in [5, 5.41) is 13.8. The fourth-order valence-electron chi connectivity index (χ4n) is 0.639. The van der Waals surface area contributed by atoms with Gasteiger partial charge in [-0.15, -0.1) is 11.3 Å². The van der Waals surface area contributed by atoms with Gasteiger partial charge in [-0.25, -0.2) is 4.98 Å². The summed E-state index contributed by atoms with van der Waals surface area (Å²) in [7, 11) is 3.77. The molecule has 66 valence electrons. The van der Waals surface area contributed by atoms with Crippen LogP contribution < -0.4 is 10.6 Å². The van der Waals surface area contributed by atoms with Crippen molar-refractivity contribution in [3.8, 4) is 0 Å². The number of hydrogen-bond acceptors (Lipinski definition) is 5. The van der Waals surface area contributed by atoms with Crippen LogP contribution in [-0.2, 0) is 0 Å². The van der Waals surface area contributed by atoms with E-state index in [1.807, 2.05) is 19.0 Å². The third-order valence-electron chi connectivity index (χ3n) is 1.24. The highest BCUT2D eigenvalue weighted by Gasteiger charge is 2.06. The van der Waals surface area contributed by atoms with Crippen LogP contribution in [0.15, 0.2) is 10.5 Å². The summed E-state index contributed by atoms with van der Waals surface area (Å²) in [5.41, 5.74) is 5.84. The first kappa shape index (κ1) is 8.79. The summed E-state index contributed by atoms with van der Waals surface area (Å²) in [6, 6.07) is 0. The van der Waals surface area contributed by atoms with Gasteiger partial charge < -0.3 is 15.8 Å². The largest absolute Gasteiger partial charge is 0.409 e. The van der Waals surface area contributed by atoms with E-state index in [1.165, 1.54) is 11.3 Å². The van der Waals surface area contributed by atoms with Gasteiger partial charge in [0.1, 0.15) is 5.69 Å². The highest BCUT2D eigenvalue weighted by atomic mass is 32.1. The molecule has 0 unspecified atom stereocenters. The molecule has 0 radical (unpaired) electrons. The van der Waals surface area contributed by atoms with E-state index in [0.29, 0.717) is 5.69 Å². The zero-order valence-electron chi connectivity index (χ0n) is 6.85. The van der Waals surface area contributed by atoms with Crippen LogP contribution in [0, 0.1) is 0 Å². The maximum atomic E-state index is 8.35. The Bertz CT molecular complexity index is 293. The normalized spacial score (nSPS) is 11.7. The van der Waals surface area contributed by atoms with Gasteiger partial charge in [-0.3, -0.25) is 0 Å². The summed E-state index contributed by atoms with van der Waals surface area (Å²) in [6.45, 7) is 0. The molecule has 5 nitrogen and oxygen atoms in total. The molecular weight excluding hydrogens is 176 g/mol. The van der Waals surface area contributed by atoms with Gasteiger partial charge >= 0.3 is 0 Å². The molecule has 1 rings (SSSR count). The summed E-state index contributed by atoms with van der Waals surface area (Å²) in [5.74, 6) is 0.0411. The standard InChI is InChI=1S/C6H10N4OS/c1-10(2)6-8-4(3-12-6)5(7)9-11/h3,11H,1-2H3,(H2,7,9). The molecule has 0 bridgehead atoms. The zero-order chi connectivity index (χ0) is 9.14. The van der Waals surface area contributed by atoms with E-state index in [2.05, 4.69) is 10.1 Å². The number of amidine groups is 1. The Labute approximate surface area is 74.1 Å². The molecule has 0 saturated carbocycles. The molecule has 12 heavy (non-hydrogen) atoms. The molecule has 0 saturated heterocycles. The van der Waals surface area contributed by atoms with Crippen LogP contribution in [0.4, 0.5) is 5.13 Å². The molecule has 3 N–H and O–H groups in total. The third kappa shape index (κ3) is 1.65. The lowest BCUT2D eigenvalue weighted by Gasteiger charge is -2.05. The number of anilines is 1. The van der Waals surface area contributed by atoms with Crippen molar-refractivity contribution in [3.63, 3.8) is 0 Å². The van der Waals surface area contributed by atoms with Gasteiger partial charge in [-0.05, 0) is 0 Å². The summed E-state index contributed by atoms with van der Waals surface area (Å²) < 4.78 is 0. The number of aromatic nitrogens is 1. The molecule has 0 aliphatic carbocycles. The molecule has 0 aromatic carbocycles. The monoisotopic (exact) mass is 186 g/mol. The van der Waals surface area contributed by atoms with Gasteiger partial charge in [0.2, 0.25) is 0 Å². The van der Waals surface area contributed by atoms with Gasteiger partial charge in [0.25, 0.3) is 0 Å². The summed E-state index contributed by atoms with van der Waals surface area (Å²) in [6.07, 6.45) is 0. The van der Waals surface area contributed by atoms with E-state index >= 15 is 0 Å². The molecular formula is C6H10N4OS. The number of oxime groups is 1. The van der Waals surface area contributed by atoms with Gasteiger partial charge in [-0.2, -0.15) is 0 Å². The first-order valence-corrected chi connectivity index (χ1v) is 4.14. The minimum atomic E-state index is 0.0411. The van der Waals surface area contributed by atoms with Crippen molar-refractivity contribution in [3.05, 3.63) is 11.1 Å². The van der Waals surface area contributed by atoms with Gasteiger partial charge in [0.15, 0.2) is 11.0 Å². The van der Waals surface area contributed by atoms with Crippen LogP contribution in [0.1, 0.15) is 5.69 Å². The first-order valence-electron chi connectivity index (χ1n) is 3.26. The summed E-state index contributed by atoms with van der Waals surface area (Å²) >= 11 is 1.44. The molecule has 1 aromatic heterocycles. The van der Waals surface area contributed by atoms with Gasteiger partial charge in [0, 0.05) is 19.5 Å².